The smallest absolute Gasteiger partial charge is 0.244 e. The first-order valence-corrected chi connectivity index (χ1v) is 8.51. The third kappa shape index (κ3) is 3.73. The number of nitrogens with one attached hydrogen (secondary N) is 2. The van der Waals surface area contributed by atoms with Gasteiger partial charge in [0.1, 0.15) is 9.90 Å². The molecule has 10 heteroatoms. The largest absolute Gasteiger partial charge is 0.292 e. The molecule has 4 N–H and O–H groups in total. The fourth-order valence-corrected chi connectivity index (χ4v) is 3.60. The summed E-state index contributed by atoms with van der Waals surface area (Å²) >= 11 is 1.49. The topological polar surface area (TPSA) is 123 Å². The number of nitrogens with zero attached hydrogens (tertiary/aromatic N) is 3. The second kappa shape index (κ2) is 6.43. The summed E-state index contributed by atoms with van der Waals surface area (Å²) in [5.74, 6) is 5.28. The van der Waals surface area contributed by atoms with Gasteiger partial charge in [0, 0.05) is 11.1 Å². The number of sulfonamides is 1. The Kier molecular flexibility index (Phi) is 4.83. The van der Waals surface area contributed by atoms with Crippen molar-refractivity contribution < 1.29 is 8.42 Å². The van der Waals surface area contributed by atoms with Gasteiger partial charge in [-0.1, -0.05) is 6.92 Å². The van der Waals surface area contributed by atoms with E-state index < -0.39 is 16.1 Å². The van der Waals surface area contributed by atoms with Crippen LogP contribution in [-0.2, 0) is 16.4 Å². The number of nitrogen functional groups attached to an aromatic ring is 1. The zero-order valence-electron chi connectivity index (χ0n) is 11.6. The summed E-state index contributed by atoms with van der Waals surface area (Å²) in [5, 5.41) is 0.719. The lowest BCUT2D eigenvalue weighted by atomic mass is 10.4. The summed E-state index contributed by atoms with van der Waals surface area (Å²) in [6.45, 7) is 3.77. The zero-order valence-corrected chi connectivity index (χ0v) is 13.2. The van der Waals surface area contributed by atoms with Crippen LogP contribution in [0, 0.1) is 0 Å². The minimum absolute atomic E-state index is 0.0272. The molecule has 2 rings (SSSR count). The van der Waals surface area contributed by atoms with E-state index in [2.05, 4.69) is 25.1 Å². The Morgan fingerprint density at radius 3 is 2.48 bits per heavy atom. The first-order valence-electron chi connectivity index (χ1n) is 6.22. The highest BCUT2D eigenvalue weighted by molar-refractivity contribution is 7.89. The van der Waals surface area contributed by atoms with Crippen LogP contribution in [0.1, 0.15) is 29.8 Å². The Labute approximate surface area is 126 Å². The highest BCUT2D eigenvalue weighted by Crippen LogP contribution is 2.22. The van der Waals surface area contributed by atoms with Crippen LogP contribution < -0.4 is 16.0 Å². The number of anilines is 1. The summed E-state index contributed by atoms with van der Waals surface area (Å²) in [7, 11) is -3.71. The van der Waals surface area contributed by atoms with Crippen molar-refractivity contribution in [3.05, 3.63) is 28.5 Å². The van der Waals surface area contributed by atoms with Crippen LogP contribution in [0.4, 0.5) is 5.95 Å². The molecule has 0 amide bonds. The number of rotatable bonds is 6. The van der Waals surface area contributed by atoms with E-state index in [1.807, 2.05) is 6.92 Å². The van der Waals surface area contributed by atoms with Crippen molar-refractivity contribution in [3.63, 3.8) is 0 Å². The van der Waals surface area contributed by atoms with Gasteiger partial charge in [0.2, 0.25) is 16.0 Å². The quantitative estimate of drug-likeness (QED) is 0.530. The molecule has 2 aromatic rings. The fraction of sp³-hybridized carbons (Fsp3) is 0.364. The van der Waals surface area contributed by atoms with Crippen molar-refractivity contribution in [2.75, 3.05) is 5.43 Å². The van der Waals surface area contributed by atoms with Gasteiger partial charge in [-0.15, -0.1) is 11.3 Å². The number of aryl methyl sites for hydroxylation is 1. The monoisotopic (exact) mass is 328 g/mol. The van der Waals surface area contributed by atoms with Gasteiger partial charge in [-0.2, -0.15) is 0 Å². The summed E-state index contributed by atoms with van der Waals surface area (Å²) in [4.78, 5) is 12.9. The molecule has 0 fully saturated rings. The van der Waals surface area contributed by atoms with Crippen LogP contribution in [0.15, 0.2) is 23.5 Å². The number of thiazole rings is 1. The van der Waals surface area contributed by atoms with Crippen LogP contribution >= 0.6 is 11.3 Å². The van der Waals surface area contributed by atoms with Crippen LogP contribution in [0.3, 0.4) is 0 Å². The van der Waals surface area contributed by atoms with Gasteiger partial charge >= 0.3 is 0 Å². The molecule has 1 unspecified atom stereocenters. The van der Waals surface area contributed by atoms with E-state index in [4.69, 9.17) is 5.84 Å². The first kappa shape index (κ1) is 15.8. The number of nitrogens with two attached hydrogens (primary N) is 1. The zero-order chi connectivity index (χ0) is 15.5. The lowest BCUT2D eigenvalue weighted by Crippen LogP contribution is -2.27. The molecule has 2 aromatic heterocycles. The van der Waals surface area contributed by atoms with Gasteiger partial charge in [0.15, 0.2) is 0 Å². The molecule has 0 aliphatic rings. The van der Waals surface area contributed by atoms with Crippen molar-refractivity contribution in [1.29, 1.82) is 0 Å². The minimum Gasteiger partial charge on any atom is -0.292 e. The highest BCUT2D eigenvalue weighted by Gasteiger charge is 2.21. The van der Waals surface area contributed by atoms with Crippen LogP contribution in [0.25, 0.3) is 0 Å². The first-order chi connectivity index (χ1) is 9.96. The fourth-order valence-electron chi connectivity index (χ4n) is 1.57. The van der Waals surface area contributed by atoms with E-state index in [9.17, 15) is 8.42 Å². The third-order valence-electron chi connectivity index (χ3n) is 2.69. The Morgan fingerprint density at radius 1 is 1.29 bits per heavy atom. The van der Waals surface area contributed by atoms with Gasteiger partial charge in [-0.05, 0) is 13.3 Å². The van der Waals surface area contributed by atoms with Crippen molar-refractivity contribution in [2.45, 2.75) is 31.2 Å². The van der Waals surface area contributed by atoms with Crippen molar-refractivity contribution in [3.8, 4) is 0 Å². The van der Waals surface area contributed by atoms with E-state index in [0.717, 1.165) is 16.3 Å². The maximum absolute atomic E-state index is 12.2. The molecule has 0 aliphatic carbocycles. The third-order valence-corrected chi connectivity index (χ3v) is 5.51. The van der Waals surface area contributed by atoms with Gasteiger partial charge in [-0.25, -0.2) is 33.9 Å². The predicted molar refractivity (Wildman–Crippen MR) is 80.1 cm³/mol. The number of hydrogen-bond donors (Lipinski definition) is 3. The standard InChI is InChI=1S/C11H16N6O2S2/c1-3-8-4-13-10(20-8)7(2)17-21(18,19)9-5-14-11(16-12)15-6-9/h4-7,17H,3,12H2,1-2H3,(H,14,15,16). The van der Waals surface area contributed by atoms with Crippen LogP contribution in [0.2, 0.25) is 0 Å². The maximum atomic E-state index is 12.2. The number of hydrazine groups is 1. The normalized spacial score (nSPS) is 13.1. The van der Waals surface area contributed by atoms with Gasteiger partial charge < -0.3 is 0 Å². The number of aromatic nitrogens is 3. The Bertz CT molecular complexity index is 698. The minimum atomic E-state index is -3.71. The summed E-state index contributed by atoms with van der Waals surface area (Å²) < 4.78 is 27.0. The van der Waals surface area contributed by atoms with E-state index in [1.54, 1.807) is 13.1 Å². The van der Waals surface area contributed by atoms with Gasteiger partial charge in [-0.3, -0.25) is 5.43 Å². The molecule has 0 radical (unpaired) electrons. The van der Waals surface area contributed by atoms with E-state index in [0.29, 0.717) is 0 Å². The van der Waals surface area contributed by atoms with E-state index in [-0.39, 0.29) is 10.8 Å². The molecule has 0 saturated carbocycles. The second-order valence-corrected chi connectivity index (χ2v) is 7.11. The lowest BCUT2D eigenvalue weighted by molar-refractivity contribution is 0.565. The summed E-state index contributed by atoms with van der Waals surface area (Å²) in [5.41, 5.74) is 2.24. The Morgan fingerprint density at radius 2 is 1.95 bits per heavy atom. The maximum Gasteiger partial charge on any atom is 0.244 e. The van der Waals surface area contributed by atoms with Gasteiger partial charge in [0.05, 0.1) is 18.4 Å². The van der Waals surface area contributed by atoms with Crippen molar-refractivity contribution >= 4 is 27.3 Å². The van der Waals surface area contributed by atoms with Crippen LogP contribution in [-0.4, -0.2) is 23.4 Å². The van der Waals surface area contributed by atoms with E-state index >= 15 is 0 Å². The molecule has 0 aliphatic heterocycles. The summed E-state index contributed by atoms with van der Waals surface area (Å²) in [6, 6.07) is -0.424. The molecule has 1 atom stereocenters. The SMILES string of the molecule is CCc1cnc(C(C)NS(=O)(=O)c2cnc(NN)nc2)s1. The lowest BCUT2D eigenvalue weighted by Gasteiger charge is -2.11. The molecule has 0 bridgehead atoms. The van der Waals surface area contributed by atoms with Crippen molar-refractivity contribution in [2.24, 2.45) is 5.84 Å². The Balaban J connectivity index is 2.15. The molecular weight excluding hydrogens is 312 g/mol. The predicted octanol–water partition coefficient (Wildman–Crippen LogP) is 0.821. The molecule has 0 spiro atoms. The van der Waals surface area contributed by atoms with Crippen molar-refractivity contribution in [1.82, 2.24) is 19.7 Å². The molecule has 114 valence electrons. The molecule has 0 saturated heterocycles. The average Bonchev–Trinajstić information content (AvgIpc) is 2.96. The molecule has 21 heavy (non-hydrogen) atoms. The van der Waals surface area contributed by atoms with E-state index in [1.165, 1.54) is 23.7 Å². The average molecular weight is 328 g/mol. The molecule has 2 heterocycles. The molecular formula is C11H16N6O2S2. The summed E-state index contributed by atoms with van der Waals surface area (Å²) in [6.07, 6.45) is 5.02. The second-order valence-electron chi connectivity index (χ2n) is 4.25. The van der Waals surface area contributed by atoms with Crippen LogP contribution in [0.5, 0.6) is 0 Å². The van der Waals surface area contributed by atoms with Gasteiger partial charge in [0.25, 0.3) is 0 Å². The number of hydrogen-bond acceptors (Lipinski definition) is 8. The highest BCUT2D eigenvalue weighted by atomic mass is 32.2. The Hall–Kier alpha value is -1.62. The molecule has 0 aromatic carbocycles. The molecule has 8 nitrogen and oxygen atoms in total.